The maximum Gasteiger partial charge on any atom is 0.158 e. The molecule has 0 N–H and O–H groups in total. The first-order valence-corrected chi connectivity index (χ1v) is 5.31. The highest BCUT2D eigenvalue weighted by Crippen LogP contribution is 2.23. The zero-order chi connectivity index (χ0) is 12.5. The summed E-state index contributed by atoms with van der Waals surface area (Å²) < 4.78 is 20.1. The van der Waals surface area contributed by atoms with Gasteiger partial charge in [0.1, 0.15) is 23.6 Å². The van der Waals surface area contributed by atoms with Crippen LogP contribution >= 0.6 is 0 Å². The van der Waals surface area contributed by atoms with E-state index in [1.807, 2.05) is 13.0 Å². The van der Waals surface area contributed by atoms with E-state index in [0.29, 0.717) is 11.5 Å². The molecule has 3 heterocycles. The van der Waals surface area contributed by atoms with Crippen LogP contribution in [0.5, 0.6) is 11.5 Å². The summed E-state index contributed by atoms with van der Waals surface area (Å²) in [4.78, 5) is 7.82. The van der Waals surface area contributed by atoms with E-state index in [-0.39, 0.29) is 0 Å². The standard InChI is InChI=1S/C12H9FN4O/c1-8-2-11(6-17-12(8)15-7-16-17)18-10-3-9(13)4-14-5-10/h2-7H,1H3. The second kappa shape index (κ2) is 4.06. The molecule has 0 fully saturated rings. The van der Waals surface area contributed by atoms with Crippen molar-refractivity contribution in [2.24, 2.45) is 0 Å². The molecule has 0 atom stereocenters. The Bertz CT molecular complexity index is 710. The van der Waals surface area contributed by atoms with Crippen LogP contribution < -0.4 is 4.74 Å². The van der Waals surface area contributed by atoms with Gasteiger partial charge in [-0.05, 0) is 18.6 Å². The Morgan fingerprint density at radius 3 is 2.94 bits per heavy atom. The fraction of sp³-hybridized carbons (Fsp3) is 0.0833. The van der Waals surface area contributed by atoms with Crippen LogP contribution in [-0.4, -0.2) is 19.6 Å². The number of nitrogens with zero attached hydrogens (tertiary/aromatic N) is 4. The van der Waals surface area contributed by atoms with Gasteiger partial charge >= 0.3 is 0 Å². The van der Waals surface area contributed by atoms with Crippen molar-refractivity contribution in [3.05, 3.63) is 48.4 Å². The van der Waals surface area contributed by atoms with Crippen LogP contribution in [0, 0.1) is 12.7 Å². The number of hydrogen-bond acceptors (Lipinski definition) is 4. The Balaban J connectivity index is 1.99. The Labute approximate surface area is 102 Å². The van der Waals surface area contributed by atoms with Crippen LogP contribution in [0.4, 0.5) is 4.39 Å². The number of rotatable bonds is 2. The van der Waals surface area contributed by atoms with Crippen LogP contribution in [0.25, 0.3) is 5.65 Å². The van der Waals surface area contributed by atoms with Crippen molar-refractivity contribution in [3.8, 4) is 11.5 Å². The van der Waals surface area contributed by atoms with Gasteiger partial charge < -0.3 is 4.74 Å². The molecule has 0 unspecified atom stereocenters. The third kappa shape index (κ3) is 1.88. The fourth-order valence-electron chi connectivity index (χ4n) is 1.70. The Morgan fingerprint density at radius 2 is 2.11 bits per heavy atom. The first kappa shape index (κ1) is 10.6. The summed E-state index contributed by atoms with van der Waals surface area (Å²) in [6, 6.07) is 3.09. The quantitative estimate of drug-likeness (QED) is 0.694. The predicted octanol–water partition coefficient (Wildman–Crippen LogP) is 2.36. The van der Waals surface area contributed by atoms with Gasteiger partial charge in [-0.15, -0.1) is 0 Å². The lowest BCUT2D eigenvalue weighted by atomic mass is 10.3. The van der Waals surface area contributed by atoms with Gasteiger partial charge in [0.05, 0.1) is 18.6 Å². The largest absolute Gasteiger partial charge is 0.454 e. The van der Waals surface area contributed by atoms with Crippen LogP contribution in [0.1, 0.15) is 5.56 Å². The Kier molecular flexibility index (Phi) is 2.40. The number of pyridine rings is 2. The van der Waals surface area contributed by atoms with Crippen LogP contribution in [0.15, 0.2) is 37.1 Å². The SMILES string of the molecule is Cc1cc(Oc2cncc(F)c2)cn2ncnc12. The predicted molar refractivity (Wildman–Crippen MR) is 62.0 cm³/mol. The van der Waals surface area contributed by atoms with E-state index in [9.17, 15) is 4.39 Å². The normalized spacial score (nSPS) is 10.8. The zero-order valence-electron chi connectivity index (χ0n) is 9.54. The van der Waals surface area contributed by atoms with Crippen molar-refractivity contribution in [1.29, 1.82) is 0 Å². The average molecular weight is 244 g/mol. The summed E-state index contributed by atoms with van der Waals surface area (Å²) in [7, 11) is 0. The minimum atomic E-state index is -0.439. The monoisotopic (exact) mass is 244 g/mol. The number of aryl methyl sites for hydroxylation is 1. The number of fused-ring (bicyclic) bond motifs is 1. The molecule has 3 aromatic heterocycles. The average Bonchev–Trinajstić information content (AvgIpc) is 2.77. The molecule has 0 aliphatic carbocycles. The number of aromatic nitrogens is 4. The van der Waals surface area contributed by atoms with Crippen molar-refractivity contribution in [2.75, 3.05) is 0 Å². The maximum atomic E-state index is 13.0. The molecule has 0 aromatic carbocycles. The molecule has 3 rings (SSSR count). The highest BCUT2D eigenvalue weighted by atomic mass is 19.1. The molecular weight excluding hydrogens is 235 g/mol. The van der Waals surface area contributed by atoms with Gasteiger partial charge in [-0.3, -0.25) is 4.98 Å². The topological polar surface area (TPSA) is 52.3 Å². The summed E-state index contributed by atoms with van der Waals surface area (Å²) in [5, 5.41) is 4.04. The van der Waals surface area contributed by atoms with Crippen molar-refractivity contribution in [2.45, 2.75) is 6.92 Å². The first-order valence-electron chi connectivity index (χ1n) is 5.31. The van der Waals surface area contributed by atoms with Gasteiger partial charge in [0.25, 0.3) is 0 Å². The smallest absolute Gasteiger partial charge is 0.158 e. The van der Waals surface area contributed by atoms with Crippen LogP contribution in [0.2, 0.25) is 0 Å². The van der Waals surface area contributed by atoms with Crippen LogP contribution in [0.3, 0.4) is 0 Å². The molecule has 3 aromatic rings. The van der Waals surface area contributed by atoms with Gasteiger partial charge in [0.2, 0.25) is 0 Å². The summed E-state index contributed by atoms with van der Waals surface area (Å²) in [6.45, 7) is 1.90. The molecule has 0 aliphatic rings. The van der Waals surface area contributed by atoms with Crippen molar-refractivity contribution in [3.63, 3.8) is 0 Å². The summed E-state index contributed by atoms with van der Waals surface area (Å²) in [5.41, 5.74) is 1.69. The molecule has 90 valence electrons. The number of hydrogen-bond donors (Lipinski definition) is 0. The second-order valence-electron chi connectivity index (χ2n) is 3.83. The lowest BCUT2D eigenvalue weighted by Crippen LogP contribution is -1.94. The summed E-state index contributed by atoms with van der Waals surface area (Å²) >= 11 is 0. The Morgan fingerprint density at radius 1 is 1.22 bits per heavy atom. The second-order valence-corrected chi connectivity index (χ2v) is 3.83. The number of ether oxygens (including phenoxy) is 1. The van der Waals surface area contributed by atoms with E-state index < -0.39 is 5.82 Å². The zero-order valence-corrected chi connectivity index (χ0v) is 9.54. The maximum absolute atomic E-state index is 13.0. The van der Waals surface area contributed by atoms with Crippen LogP contribution in [-0.2, 0) is 0 Å². The third-order valence-corrected chi connectivity index (χ3v) is 2.45. The molecule has 0 saturated carbocycles. The molecule has 0 spiro atoms. The Hall–Kier alpha value is -2.50. The molecule has 0 bridgehead atoms. The van der Waals surface area contributed by atoms with E-state index in [2.05, 4.69) is 15.1 Å². The molecule has 0 radical (unpaired) electrons. The van der Waals surface area contributed by atoms with E-state index in [0.717, 1.165) is 17.4 Å². The highest BCUT2D eigenvalue weighted by Gasteiger charge is 2.05. The van der Waals surface area contributed by atoms with Gasteiger partial charge in [-0.2, -0.15) is 5.10 Å². The van der Waals surface area contributed by atoms with E-state index >= 15 is 0 Å². The third-order valence-electron chi connectivity index (χ3n) is 2.45. The van der Waals surface area contributed by atoms with E-state index in [1.54, 1.807) is 10.7 Å². The lowest BCUT2D eigenvalue weighted by molar-refractivity contribution is 0.469. The molecule has 5 nitrogen and oxygen atoms in total. The van der Waals surface area contributed by atoms with Gasteiger partial charge in [-0.25, -0.2) is 13.9 Å². The van der Waals surface area contributed by atoms with E-state index in [1.165, 1.54) is 18.6 Å². The molecule has 6 heteroatoms. The molecule has 0 amide bonds. The fourth-order valence-corrected chi connectivity index (χ4v) is 1.70. The first-order chi connectivity index (χ1) is 8.72. The summed E-state index contributed by atoms with van der Waals surface area (Å²) in [6.07, 6.45) is 5.72. The van der Waals surface area contributed by atoms with Crippen molar-refractivity contribution in [1.82, 2.24) is 19.6 Å². The minimum Gasteiger partial charge on any atom is -0.454 e. The van der Waals surface area contributed by atoms with Gasteiger partial charge in [0.15, 0.2) is 5.65 Å². The number of halogens is 1. The lowest BCUT2D eigenvalue weighted by Gasteiger charge is -2.06. The van der Waals surface area contributed by atoms with E-state index in [4.69, 9.17) is 4.74 Å². The molecule has 0 saturated heterocycles. The van der Waals surface area contributed by atoms with Gasteiger partial charge in [0, 0.05) is 6.07 Å². The molecule has 18 heavy (non-hydrogen) atoms. The molecular formula is C12H9FN4O. The minimum absolute atomic E-state index is 0.342. The van der Waals surface area contributed by atoms with Crippen molar-refractivity contribution >= 4 is 5.65 Å². The highest BCUT2D eigenvalue weighted by molar-refractivity contribution is 5.49. The van der Waals surface area contributed by atoms with Crippen molar-refractivity contribution < 1.29 is 9.13 Å². The molecule has 0 aliphatic heterocycles. The summed E-state index contributed by atoms with van der Waals surface area (Å²) in [5.74, 6) is 0.456. The van der Waals surface area contributed by atoms with Gasteiger partial charge in [-0.1, -0.05) is 0 Å².